The Balaban J connectivity index is 0.00000392. The molecule has 0 bridgehead atoms. The minimum absolute atomic E-state index is 0. The molecule has 0 saturated heterocycles. The predicted molar refractivity (Wildman–Crippen MR) is 111 cm³/mol. The topological polar surface area (TPSA) is 130 Å². The van der Waals surface area contributed by atoms with Gasteiger partial charge in [0.2, 0.25) is 0 Å². The first-order valence-corrected chi connectivity index (χ1v) is 8.91. The van der Waals surface area contributed by atoms with Gasteiger partial charge in [0.1, 0.15) is 6.04 Å². The second-order valence-electron chi connectivity index (χ2n) is 6.38. The molecule has 0 spiro atoms. The number of carbonyl (C=O) groups excluding carboxylic acids is 2. The third kappa shape index (κ3) is 7.02. The van der Waals surface area contributed by atoms with Gasteiger partial charge < -0.3 is 16.8 Å². The zero-order chi connectivity index (χ0) is 19.6. The van der Waals surface area contributed by atoms with E-state index in [1.165, 1.54) is 11.0 Å². The van der Waals surface area contributed by atoms with Crippen LogP contribution in [-0.2, 0) is 17.6 Å². The smallest absolute Gasteiger partial charge is 0.267 e. The van der Waals surface area contributed by atoms with Crippen molar-refractivity contribution in [1.82, 2.24) is 10.8 Å². The van der Waals surface area contributed by atoms with Crippen LogP contribution in [0.3, 0.4) is 0 Å². The quantitative estimate of drug-likeness (QED) is 0.195. The summed E-state index contributed by atoms with van der Waals surface area (Å²) in [5.74, 6) is -1.16. The van der Waals surface area contributed by atoms with E-state index in [0.29, 0.717) is 5.56 Å². The van der Waals surface area contributed by atoms with E-state index in [1.807, 2.05) is 36.4 Å². The average Bonchev–Trinajstić information content (AvgIpc) is 2.70. The third-order valence-corrected chi connectivity index (χ3v) is 4.34. The fourth-order valence-electron chi connectivity index (χ4n) is 2.72. The van der Waals surface area contributed by atoms with Gasteiger partial charge in [0.25, 0.3) is 11.8 Å². The molecule has 2 aromatic carbocycles. The Bertz CT molecular complexity index is 745. The van der Waals surface area contributed by atoms with Crippen molar-refractivity contribution >= 4 is 17.5 Å². The molecule has 2 rings (SSSR count). The number of hydroxylamine groups is 1. The molecule has 2 aromatic rings. The summed E-state index contributed by atoms with van der Waals surface area (Å²) in [7, 11) is 0. The average molecular weight is 386 g/mol. The predicted octanol–water partition coefficient (Wildman–Crippen LogP) is 2.03. The molecule has 152 valence electrons. The van der Waals surface area contributed by atoms with Gasteiger partial charge in [-0.05, 0) is 61.1 Å². The van der Waals surface area contributed by atoms with Crippen molar-refractivity contribution in [3.05, 3.63) is 65.2 Å². The van der Waals surface area contributed by atoms with Crippen molar-refractivity contribution in [3.63, 3.8) is 0 Å². The highest BCUT2D eigenvalue weighted by Crippen LogP contribution is 2.12. The number of nitrogens with one attached hydrogen (secondary N) is 2. The maximum atomic E-state index is 12.1. The molecule has 1 atom stereocenters. The van der Waals surface area contributed by atoms with Crippen LogP contribution in [0.4, 0.5) is 5.69 Å². The number of hydrogen-bond donors (Lipinski definition) is 5. The van der Waals surface area contributed by atoms with E-state index in [4.69, 9.17) is 16.7 Å². The van der Waals surface area contributed by atoms with Crippen LogP contribution < -0.4 is 22.3 Å². The van der Waals surface area contributed by atoms with Gasteiger partial charge in [-0.1, -0.05) is 31.7 Å². The molecule has 0 heterocycles. The molecule has 7 heteroatoms. The van der Waals surface area contributed by atoms with Gasteiger partial charge >= 0.3 is 0 Å². The summed E-state index contributed by atoms with van der Waals surface area (Å²) in [5, 5.41) is 11.1. The summed E-state index contributed by atoms with van der Waals surface area (Å²) in [6.45, 7) is -0.107. The maximum Gasteiger partial charge on any atom is 0.267 e. The van der Waals surface area contributed by atoms with Crippen LogP contribution in [0.2, 0.25) is 0 Å². The van der Waals surface area contributed by atoms with Crippen molar-refractivity contribution in [2.45, 2.75) is 39.2 Å². The maximum absolute atomic E-state index is 12.1. The summed E-state index contributed by atoms with van der Waals surface area (Å²) in [6, 6.07) is 14.2. The number of carbonyl (C=O) groups is 2. The van der Waals surface area contributed by atoms with Crippen LogP contribution in [0, 0.1) is 0 Å². The third-order valence-electron chi connectivity index (χ3n) is 4.34. The largest absolute Gasteiger partial charge is 0.399 e. The van der Waals surface area contributed by atoms with Crippen LogP contribution >= 0.6 is 0 Å². The Morgan fingerprint density at radius 1 is 0.929 bits per heavy atom. The summed E-state index contributed by atoms with van der Waals surface area (Å²) in [6.07, 6.45) is 4.05. The molecule has 0 aliphatic rings. The highest BCUT2D eigenvalue weighted by atomic mass is 16.5. The van der Waals surface area contributed by atoms with Crippen molar-refractivity contribution in [3.8, 4) is 0 Å². The highest BCUT2D eigenvalue weighted by Gasteiger charge is 2.19. The van der Waals surface area contributed by atoms with Gasteiger partial charge in [0, 0.05) is 17.8 Å². The SMILES string of the molecule is C.NC[C@H](NC(=O)c1ccc(CCCCc2ccc(N)cc2)cc1)C(=O)NO. The monoisotopic (exact) mass is 386 g/mol. The van der Waals surface area contributed by atoms with E-state index >= 15 is 0 Å². The number of nitrogens with two attached hydrogens (primary N) is 2. The molecule has 0 radical (unpaired) electrons. The Morgan fingerprint density at radius 3 is 1.89 bits per heavy atom. The summed E-state index contributed by atoms with van der Waals surface area (Å²) in [5.41, 5.74) is 16.2. The van der Waals surface area contributed by atoms with Crippen LogP contribution in [0.5, 0.6) is 0 Å². The van der Waals surface area contributed by atoms with Crippen LogP contribution in [0.25, 0.3) is 0 Å². The van der Waals surface area contributed by atoms with Crippen LogP contribution in [0.1, 0.15) is 41.8 Å². The summed E-state index contributed by atoms with van der Waals surface area (Å²) < 4.78 is 0. The number of unbranched alkanes of at least 4 members (excludes halogenated alkanes) is 1. The molecule has 0 fully saturated rings. The van der Waals surface area contributed by atoms with Gasteiger partial charge in [0.15, 0.2) is 0 Å². The molecule has 0 unspecified atom stereocenters. The van der Waals surface area contributed by atoms with Gasteiger partial charge in [-0.15, -0.1) is 0 Å². The lowest BCUT2D eigenvalue weighted by Gasteiger charge is -2.14. The zero-order valence-corrected chi connectivity index (χ0v) is 15.2. The first-order chi connectivity index (χ1) is 13.0. The molecule has 7 N–H and O–H groups in total. The lowest BCUT2D eigenvalue weighted by Crippen LogP contribution is -2.50. The van der Waals surface area contributed by atoms with Gasteiger partial charge in [0.05, 0.1) is 0 Å². The molecule has 7 nitrogen and oxygen atoms in total. The molecular weight excluding hydrogens is 356 g/mol. The summed E-state index contributed by atoms with van der Waals surface area (Å²) in [4.78, 5) is 23.5. The van der Waals surface area contributed by atoms with Gasteiger partial charge in [-0.25, -0.2) is 5.48 Å². The molecule has 2 amide bonds. The van der Waals surface area contributed by atoms with E-state index in [9.17, 15) is 9.59 Å². The number of amides is 2. The second-order valence-corrected chi connectivity index (χ2v) is 6.38. The molecule has 0 aliphatic carbocycles. The van der Waals surface area contributed by atoms with Crippen molar-refractivity contribution in [1.29, 1.82) is 0 Å². The fraction of sp³-hybridized carbons (Fsp3) is 0.333. The normalized spacial score (nSPS) is 11.2. The standard InChI is InChI=1S/C20H26N4O3.CH4/c21-13-18(20(26)24-27)23-19(25)16-9-5-14(6-10-16)3-1-2-4-15-7-11-17(22)12-8-15;/h5-12,18,27H,1-4,13,21-22H2,(H,23,25)(H,24,26);1H4/t18-;/m0./s1. The van der Waals surface area contributed by atoms with E-state index in [1.54, 1.807) is 12.1 Å². The first kappa shape index (κ1) is 23.1. The number of rotatable bonds is 9. The van der Waals surface area contributed by atoms with E-state index in [-0.39, 0.29) is 14.0 Å². The molecule has 0 aliphatic heterocycles. The second kappa shape index (κ2) is 11.7. The number of hydrogen-bond acceptors (Lipinski definition) is 5. The fourth-order valence-corrected chi connectivity index (χ4v) is 2.72. The van der Waals surface area contributed by atoms with Crippen LogP contribution in [0.15, 0.2) is 48.5 Å². The minimum atomic E-state index is -0.976. The Kier molecular flexibility index (Phi) is 9.70. The number of anilines is 1. The molecule has 0 saturated carbocycles. The van der Waals surface area contributed by atoms with E-state index in [2.05, 4.69) is 5.32 Å². The molecule has 0 aromatic heterocycles. The number of aryl methyl sites for hydroxylation is 2. The minimum Gasteiger partial charge on any atom is -0.399 e. The van der Waals surface area contributed by atoms with Gasteiger partial charge in [-0.2, -0.15) is 0 Å². The molecular formula is C21H30N4O3. The zero-order valence-electron chi connectivity index (χ0n) is 15.2. The summed E-state index contributed by atoms with van der Waals surface area (Å²) >= 11 is 0. The number of benzene rings is 2. The van der Waals surface area contributed by atoms with E-state index in [0.717, 1.165) is 36.9 Å². The lowest BCUT2D eigenvalue weighted by atomic mass is 10.0. The van der Waals surface area contributed by atoms with Crippen molar-refractivity contribution in [2.75, 3.05) is 12.3 Å². The van der Waals surface area contributed by atoms with Crippen molar-refractivity contribution < 1.29 is 14.8 Å². The van der Waals surface area contributed by atoms with Crippen molar-refractivity contribution in [2.24, 2.45) is 5.73 Å². The molecule has 28 heavy (non-hydrogen) atoms. The van der Waals surface area contributed by atoms with Gasteiger partial charge in [-0.3, -0.25) is 14.8 Å². The Hall–Kier alpha value is -2.90. The Morgan fingerprint density at radius 2 is 1.43 bits per heavy atom. The highest BCUT2D eigenvalue weighted by molar-refractivity contribution is 5.97. The lowest BCUT2D eigenvalue weighted by molar-refractivity contribution is -0.130. The number of nitrogen functional groups attached to an aromatic ring is 1. The van der Waals surface area contributed by atoms with Crippen LogP contribution in [-0.4, -0.2) is 29.6 Å². The Labute approximate surface area is 166 Å². The first-order valence-electron chi connectivity index (χ1n) is 8.91. The van der Waals surface area contributed by atoms with E-state index < -0.39 is 17.9 Å².